The molecule has 0 saturated heterocycles. The summed E-state index contributed by atoms with van der Waals surface area (Å²) in [4.78, 5) is 11.9. The number of nitrogens with zero attached hydrogens (tertiary/aromatic N) is 1. The molecule has 0 unspecified atom stereocenters. The van der Waals surface area contributed by atoms with Gasteiger partial charge in [0.05, 0.1) is 12.7 Å². The Labute approximate surface area is 128 Å². The number of methoxy groups -OCH3 is 1. The van der Waals surface area contributed by atoms with Crippen LogP contribution in [0, 0.1) is 18.3 Å². The van der Waals surface area contributed by atoms with Gasteiger partial charge in [0, 0.05) is 0 Å². The van der Waals surface area contributed by atoms with Gasteiger partial charge in [-0.05, 0) is 36.8 Å². The second kappa shape index (κ2) is 7.14. The van der Waals surface area contributed by atoms with E-state index >= 15 is 0 Å². The quantitative estimate of drug-likeness (QED) is 0.627. The first-order valence-electron chi connectivity index (χ1n) is 6.61. The number of rotatable bonds is 5. The third kappa shape index (κ3) is 3.76. The number of benzene rings is 2. The summed E-state index contributed by atoms with van der Waals surface area (Å²) >= 11 is 0. The van der Waals surface area contributed by atoms with E-state index < -0.39 is 5.97 Å². The Morgan fingerprint density at radius 2 is 1.91 bits per heavy atom. The lowest BCUT2D eigenvalue weighted by molar-refractivity contribution is -0.136. The van der Waals surface area contributed by atoms with Crippen molar-refractivity contribution in [2.24, 2.45) is 0 Å². The molecule has 0 radical (unpaired) electrons. The van der Waals surface area contributed by atoms with Crippen molar-refractivity contribution < 1.29 is 19.0 Å². The highest BCUT2D eigenvalue weighted by Crippen LogP contribution is 2.28. The van der Waals surface area contributed by atoms with Gasteiger partial charge in [-0.3, -0.25) is 0 Å². The van der Waals surface area contributed by atoms with E-state index in [-0.39, 0.29) is 6.61 Å². The molecular formula is C17H15NO4. The van der Waals surface area contributed by atoms with E-state index in [2.05, 4.69) is 0 Å². The molecule has 5 nitrogen and oxygen atoms in total. The highest BCUT2D eigenvalue weighted by atomic mass is 16.6. The number of hydrogen-bond donors (Lipinski definition) is 0. The maximum Gasteiger partial charge on any atom is 0.349 e. The molecule has 0 aliphatic heterocycles. The number of nitriles is 1. The van der Waals surface area contributed by atoms with Crippen molar-refractivity contribution >= 4 is 5.97 Å². The SMILES string of the molecule is COc1cc(C)ccc1OC(=O)COc1ccccc1C#N. The van der Waals surface area contributed by atoms with Gasteiger partial charge >= 0.3 is 5.97 Å². The zero-order valence-electron chi connectivity index (χ0n) is 12.3. The molecule has 5 heteroatoms. The van der Waals surface area contributed by atoms with Crippen LogP contribution >= 0.6 is 0 Å². The van der Waals surface area contributed by atoms with Crippen LogP contribution in [-0.2, 0) is 4.79 Å². The van der Waals surface area contributed by atoms with Crippen LogP contribution in [0.5, 0.6) is 17.2 Å². The highest BCUT2D eigenvalue weighted by molar-refractivity contribution is 5.75. The van der Waals surface area contributed by atoms with Crippen LogP contribution in [-0.4, -0.2) is 19.7 Å². The van der Waals surface area contributed by atoms with Gasteiger partial charge in [0.1, 0.15) is 11.8 Å². The van der Waals surface area contributed by atoms with Crippen molar-refractivity contribution in [1.82, 2.24) is 0 Å². The van der Waals surface area contributed by atoms with E-state index in [1.165, 1.54) is 7.11 Å². The number of carbonyl (C=O) groups excluding carboxylic acids is 1. The second-order valence-electron chi connectivity index (χ2n) is 4.53. The van der Waals surface area contributed by atoms with Crippen LogP contribution in [0.2, 0.25) is 0 Å². The topological polar surface area (TPSA) is 68.6 Å². The van der Waals surface area contributed by atoms with Crippen molar-refractivity contribution in [3.8, 4) is 23.3 Å². The molecule has 0 aromatic heterocycles. The molecule has 0 aliphatic rings. The van der Waals surface area contributed by atoms with Crippen LogP contribution in [0.25, 0.3) is 0 Å². The van der Waals surface area contributed by atoms with Gasteiger partial charge < -0.3 is 14.2 Å². The van der Waals surface area contributed by atoms with Gasteiger partial charge in [0.2, 0.25) is 0 Å². The molecule has 0 N–H and O–H groups in total. The minimum atomic E-state index is -0.574. The molecule has 0 aliphatic carbocycles. The molecule has 0 saturated carbocycles. The number of hydrogen-bond acceptors (Lipinski definition) is 5. The minimum Gasteiger partial charge on any atom is -0.493 e. The fourth-order valence-electron chi connectivity index (χ4n) is 1.83. The number of carbonyl (C=O) groups is 1. The summed E-state index contributed by atoms with van der Waals surface area (Å²) in [5.74, 6) is 0.578. The average molecular weight is 297 g/mol. The summed E-state index contributed by atoms with van der Waals surface area (Å²) in [5, 5.41) is 8.95. The van der Waals surface area contributed by atoms with Crippen molar-refractivity contribution in [1.29, 1.82) is 5.26 Å². The van der Waals surface area contributed by atoms with E-state index in [0.29, 0.717) is 22.8 Å². The first kappa shape index (κ1) is 15.4. The van der Waals surface area contributed by atoms with Crippen LogP contribution < -0.4 is 14.2 Å². The molecular weight excluding hydrogens is 282 g/mol. The number of ether oxygens (including phenoxy) is 3. The maximum absolute atomic E-state index is 11.9. The number of esters is 1. The molecule has 2 aromatic carbocycles. The van der Waals surface area contributed by atoms with Gasteiger partial charge in [0.15, 0.2) is 18.1 Å². The summed E-state index contributed by atoms with van der Waals surface area (Å²) in [7, 11) is 1.51. The summed E-state index contributed by atoms with van der Waals surface area (Å²) < 4.78 is 15.7. The molecule has 0 bridgehead atoms. The van der Waals surface area contributed by atoms with E-state index in [1.54, 1.807) is 36.4 Å². The van der Waals surface area contributed by atoms with E-state index in [1.807, 2.05) is 19.1 Å². The van der Waals surface area contributed by atoms with Crippen molar-refractivity contribution in [3.63, 3.8) is 0 Å². The van der Waals surface area contributed by atoms with Gasteiger partial charge in [-0.15, -0.1) is 0 Å². The lowest BCUT2D eigenvalue weighted by Gasteiger charge is -2.11. The van der Waals surface area contributed by atoms with Crippen LogP contribution in [0.1, 0.15) is 11.1 Å². The molecule has 0 fully saturated rings. The Morgan fingerprint density at radius 1 is 1.14 bits per heavy atom. The van der Waals surface area contributed by atoms with Crippen LogP contribution in [0.4, 0.5) is 0 Å². The molecule has 2 aromatic rings. The average Bonchev–Trinajstić information content (AvgIpc) is 2.54. The predicted octanol–water partition coefficient (Wildman–Crippen LogP) is 2.86. The molecule has 0 spiro atoms. The standard InChI is InChI=1S/C17H15NO4/c1-12-7-8-15(16(9-12)20-2)22-17(19)11-21-14-6-4-3-5-13(14)10-18/h3-9H,11H2,1-2H3. The maximum atomic E-state index is 11.9. The Hall–Kier alpha value is -3.00. The normalized spacial score (nSPS) is 9.68. The second-order valence-corrected chi connectivity index (χ2v) is 4.53. The fraction of sp³-hybridized carbons (Fsp3) is 0.176. The first-order valence-corrected chi connectivity index (χ1v) is 6.61. The molecule has 112 valence electrons. The first-order chi connectivity index (χ1) is 10.6. The van der Waals surface area contributed by atoms with Crippen LogP contribution in [0.3, 0.4) is 0 Å². The summed E-state index contributed by atoms with van der Waals surface area (Å²) in [5.41, 5.74) is 1.36. The lowest BCUT2D eigenvalue weighted by atomic mass is 10.2. The Morgan fingerprint density at radius 3 is 2.64 bits per heavy atom. The summed E-state index contributed by atoms with van der Waals surface area (Å²) in [6.07, 6.45) is 0. The molecule has 0 heterocycles. The van der Waals surface area contributed by atoms with E-state index in [4.69, 9.17) is 19.5 Å². The van der Waals surface area contributed by atoms with E-state index in [0.717, 1.165) is 5.56 Å². The molecule has 2 rings (SSSR count). The zero-order valence-corrected chi connectivity index (χ0v) is 12.3. The van der Waals surface area contributed by atoms with Crippen molar-refractivity contribution in [2.45, 2.75) is 6.92 Å². The smallest absolute Gasteiger partial charge is 0.349 e. The molecule has 0 atom stereocenters. The highest BCUT2D eigenvalue weighted by Gasteiger charge is 2.12. The largest absolute Gasteiger partial charge is 0.493 e. The number of para-hydroxylation sites is 1. The van der Waals surface area contributed by atoms with E-state index in [9.17, 15) is 4.79 Å². The van der Waals surface area contributed by atoms with Gasteiger partial charge in [0.25, 0.3) is 0 Å². The fourth-order valence-corrected chi connectivity index (χ4v) is 1.83. The van der Waals surface area contributed by atoms with Gasteiger partial charge in [-0.1, -0.05) is 18.2 Å². The summed E-state index contributed by atoms with van der Waals surface area (Å²) in [6.45, 7) is 1.62. The van der Waals surface area contributed by atoms with Crippen LogP contribution in [0.15, 0.2) is 42.5 Å². The summed E-state index contributed by atoms with van der Waals surface area (Å²) in [6, 6.07) is 13.9. The predicted molar refractivity (Wildman–Crippen MR) is 80.0 cm³/mol. The third-order valence-electron chi connectivity index (χ3n) is 2.90. The third-order valence-corrected chi connectivity index (χ3v) is 2.90. The number of aryl methyl sites for hydroxylation is 1. The Balaban J connectivity index is 2.01. The Kier molecular flexibility index (Phi) is 4.99. The monoisotopic (exact) mass is 297 g/mol. The molecule has 0 amide bonds. The molecule has 22 heavy (non-hydrogen) atoms. The zero-order chi connectivity index (χ0) is 15.9. The van der Waals surface area contributed by atoms with Gasteiger partial charge in [-0.2, -0.15) is 5.26 Å². The lowest BCUT2D eigenvalue weighted by Crippen LogP contribution is -2.18. The Bertz CT molecular complexity index is 719. The van der Waals surface area contributed by atoms with Gasteiger partial charge in [-0.25, -0.2) is 4.79 Å². The van der Waals surface area contributed by atoms with Crippen molar-refractivity contribution in [2.75, 3.05) is 13.7 Å². The minimum absolute atomic E-state index is 0.296. The van der Waals surface area contributed by atoms with Crippen molar-refractivity contribution in [3.05, 3.63) is 53.6 Å².